The molecular formula is C14H11FN6O. The van der Waals surface area contributed by atoms with Gasteiger partial charge in [0.1, 0.15) is 36.0 Å². The van der Waals surface area contributed by atoms with Gasteiger partial charge in [-0.25, -0.2) is 4.39 Å². The Morgan fingerprint density at radius 1 is 1.45 bits per heavy atom. The van der Waals surface area contributed by atoms with Crippen LogP contribution in [0.15, 0.2) is 35.7 Å². The van der Waals surface area contributed by atoms with Crippen molar-refractivity contribution in [3.05, 3.63) is 42.0 Å². The van der Waals surface area contributed by atoms with Gasteiger partial charge in [-0.1, -0.05) is 0 Å². The van der Waals surface area contributed by atoms with Gasteiger partial charge in [0.25, 0.3) is 0 Å². The Balaban J connectivity index is 2.15. The van der Waals surface area contributed by atoms with E-state index in [1.54, 1.807) is 36.3 Å². The van der Waals surface area contributed by atoms with E-state index in [4.69, 9.17) is 15.3 Å². The van der Waals surface area contributed by atoms with Gasteiger partial charge in [0.05, 0.1) is 6.20 Å². The van der Waals surface area contributed by atoms with E-state index in [1.807, 2.05) is 0 Å². The molecule has 0 saturated carbocycles. The highest BCUT2D eigenvalue weighted by Gasteiger charge is 2.07. The minimum atomic E-state index is -0.498. The fraction of sp³-hybridized carbons (Fsp3) is 0.143. The van der Waals surface area contributed by atoms with Crippen molar-refractivity contribution in [1.82, 2.24) is 9.78 Å². The smallest absolute Gasteiger partial charge is 0.237 e. The Labute approximate surface area is 125 Å². The lowest BCUT2D eigenvalue weighted by molar-refractivity contribution is 0.307. The Hall–Kier alpha value is -3.39. The van der Waals surface area contributed by atoms with Crippen LogP contribution in [0, 0.1) is 28.5 Å². The number of anilines is 1. The maximum Gasteiger partial charge on any atom is 0.237 e. The summed E-state index contributed by atoms with van der Waals surface area (Å²) in [5.41, 5.74) is 3.14. The van der Waals surface area contributed by atoms with Crippen LogP contribution in [0.2, 0.25) is 0 Å². The van der Waals surface area contributed by atoms with Gasteiger partial charge in [-0.15, -0.1) is 0 Å². The molecule has 0 bridgehead atoms. The third-order valence-corrected chi connectivity index (χ3v) is 2.59. The highest BCUT2D eigenvalue weighted by Crippen LogP contribution is 2.26. The molecule has 0 fully saturated rings. The molecule has 0 atom stereocenters. The predicted molar refractivity (Wildman–Crippen MR) is 76.2 cm³/mol. The van der Waals surface area contributed by atoms with Gasteiger partial charge in [-0.05, 0) is 12.1 Å². The fourth-order valence-corrected chi connectivity index (χ4v) is 1.61. The predicted octanol–water partition coefficient (Wildman–Crippen LogP) is 1.95. The zero-order valence-corrected chi connectivity index (χ0v) is 11.6. The van der Waals surface area contributed by atoms with Gasteiger partial charge < -0.3 is 4.74 Å². The number of nitrogens with one attached hydrogen (secondary N) is 1. The average Bonchev–Trinajstić information content (AvgIpc) is 2.93. The molecule has 0 spiro atoms. The zero-order valence-electron chi connectivity index (χ0n) is 11.6. The van der Waals surface area contributed by atoms with Crippen LogP contribution in [-0.2, 0) is 13.7 Å². The van der Waals surface area contributed by atoms with Gasteiger partial charge in [0.2, 0.25) is 5.71 Å². The molecule has 2 rings (SSSR count). The molecule has 0 aliphatic carbocycles. The maximum atomic E-state index is 13.3. The van der Waals surface area contributed by atoms with E-state index in [0.717, 1.165) is 11.6 Å². The summed E-state index contributed by atoms with van der Waals surface area (Å²) in [6.45, 7) is 0.237. The van der Waals surface area contributed by atoms with Gasteiger partial charge in [0.15, 0.2) is 0 Å². The van der Waals surface area contributed by atoms with Gasteiger partial charge >= 0.3 is 0 Å². The first-order valence-electron chi connectivity index (χ1n) is 6.16. The molecule has 0 amide bonds. The second-order valence-corrected chi connectivity index (χ2v) is 4.25. The monoisotopic (exact) mass is 298 g/mol. The number of ether oxygens (including phenoxy) is 1. The Morgan fingerprint density at radius 3 is 2.86 bits per heavy atom. The molecule has 0 unspecified atom stereocenters. The number of aromatic nitrogens is 2. The average molecular weight is 298 g/mol. The molecule has 2 aromatic rings. The molecule has 0 radical (unpaired) electrons. The number of halogens is 1. The summed E-state index contributed by atoms with van der Waals surface area (Å²) in [7, 11) is 1.79. The van der Waals surface area contributed by atoms with Crippen LogP contribution in [-0.4, -0.2) is 15.5 Å². The first-order valence-corrected chi connectivity index (χ1v) is 6.16. The van der Waals surface area contributed by atoms with Crippen LogP contribution in [0.4, 0.5) is 10.1 Å². The fourth-order valence-electron chi connectivity index (χ4n) is 1.61. The minimum Gasteiger partial charge on any atom is -0.487 e. The molecule has 110 valence electrons. The van der Waals surface area contributed by atoms with Crippen LogP contribution in [0.1, 0.15) is 5.56 Å². The Kier molecular flexibility index (Phi) is 4.68. The van der Waals surface area contributed by atoms with E-state index in [-0.39, 0.29) is 18.0 Å². The van der Waals surface area contributed by atoms with E-state index in [2.05, 4.69) is 15.6 Å². The topological polar surface area (TPSA) is 99.0 Å². The molecule has 22 heavy (non-hydrogen) atoms. The lowest BCUT2D eigenvalue weighted by Crippen LogP contribution is -2.01. The van der Waals surface area contributed by atoms with Crippen molar-refractivity contribution in [1.29, 1.82) is 10.5 Å². The minimum absolute atomic E-state index is 0.215. The summed E-state index contributed by atoms with van der Waals surface area (Å²) in [5, 5.41) is 24.8. The number of hydrazone groups is 1. The molecule has 1 aromatic heterocycles. The second-order valence-electron chi connectivity index (χ2n) is 4.25. The lowest BCUT2D eigenvalue weighted by atomic mass is 10.3. The molecule has 1 N–H and O–H groups in total. The molecule has 0 aliphatic rings. The number of rotatable bonds is 5. The Morgan fingerprint density at radius 2 is 2.23 bits per heavy atom. The van der Waals surface area contributed by atoms with Crippen molar-refractivity contribution < 1.29 is 9.13 Å². The molecule has 1 heterocycles. The van der Waals surface area contributed by atoms with Crippen molar-refractivity contribution in [2.75, 3.05) is 5.43 Å². The van der Waals surface area contributed by atoms with Crippen LogP contribution < -0.4 is 10.2 Å². The summed E-state index contributed by atoms with van der Waals surface area (Å²) < 4.78 is 20.5. The summed E-state index contributed by atoms with van der Waals surface area (Å²) >= 11 is 0. The number of aryl methyl sites for hydroxylation is 1. The van der Waals surface area contributed by atoms with Crippen LogP contribution in [0.5, 0.6) is 5.75 Å². The highest BCUT2D eigenvalue weighted by molar-refractivity contribution is 6.10. The quantitative estimate of drug-likeness (QED) is 0.672. The SMILES string of the molecule is Cn1cc(COc2ccc(F)cc2NN=C(C#N)C#N)cn1. The van der Waals surface area contributed by atoms with E-state index < -0.39 is 5.82 Å². The second kappa shape index (κ2) is 6.86. The number of benzene rings is 1. The largest absolute Gasteiger partial charge is 0.487 e. The van der Waals surface area contributed by atoms with E-state index >= 15 is 0 Å². The normalized spacial score (nSPS) is 9.45. The maximum absolute atomic E-state index is 13.3. The van der Waals surface area contributed by atoms with Gasteiger partial charge in [-0.3, -0.25) is 10.1 Å². The number of nitrogens with zero attached hydrogens (tertiary/aromatic N) is 5. The summed E-state index contributed by atoms with van der Waals surface area (Å²) in [6, 6.07) is 7.03. The Bertz CT molecular complexity index is 767. The van der Waals surface area contributed by atoms with Gasteiger partial charge in [-0.2, -0.15) is 20.7 Å². The van der Waals surface area contributed by atoms with Crippen molar-refractivity contribution in [2.45, 2.75) is 6.61 Å². The van der Waals surface area contributed by atoms with Crippen molar-refractivity contribution in [3.8, 4) is 17.9 Å². The highest BCUT2D eigenvalue weighted by atomic mass is 19.1. The van der Waals surface area contributed by atoms with Crippen LogP contribution in [0.25, 0.3) is 0 Å². The zero-order chi connectivity index (χ0) is 15.9. The van der Waals surface area contributed by atoms with E-state index in [0.29, 0.717) is 5.75 Å². The molecule has 0 aliphatic heterocycles. The van der Waals surface area contributed by atoms with Crippen LogP contribution in [0.3, 0.4) is 0 Å². The molecule has 0 saturated heterocycles. The molecular weight excluding hydrogens is 287 g/mol. The van der Waals surface area contributed by atoms with Crippen molar-refractivity contribution in [2.24, 2.45) is 12.1 Å². The number of hydrogen-bond acceptors (Lipinski definition) is 6. The summed E-state index contributed by atoms with van der Waals surface area (Å²) in [4.78, 5) is 0. The first kappa shape index (κ1) is 15.0. The lowest BCUT2D eigenvalue weighted by Gasteiger charge is -2.10. The number of hydrogen-bond donors (Lipinski definition) is 1. The third-order valence-electron chi connectivity index (χ3n) is 2.59. The van der Waals surface area contributed by atoms with E-state index in [1.165, 1.54) is 12.1 Å². The third kappa shape index (κ3) is 3.81. The number of nitriles is 2. The standard InChI is InChI=1S/C14H11FN6O/c1-21-8-10(7-18-21)9-22-14-3-2-11(15)4-13(14)20-19-12(5-16)6-17/h2-4,7-8,20H,9H2,1H3. The van der Waals surface area contributed by atoms with Crippen LogP contribution >= 0.6 is 0 Å². The van der Waals surface area contributed by atoms with E-state index in [9.17, 15) is 4.39 Å². The molecule has 1 aromatic carbocycles. The van der Waals surface area contributed by atoms with Gasteiger partial charge in [0, 0.05) is 24.9 Å². The van der Waals surface area contributed by atoms with Crippen molar-refractivity contribution >= 4 is 11.4 Å². The van der Waals surface area contributed by atoms with Crippen molar-refractivity contribution in [3.63, 3.8) is 0 Å². The molecule has 7 nitrogen and oxygen atoms in total. The summed E-state index contributed by atoms with van der Waals surface area (Å²) in [6.07, 6.45) is 3.44. The molecule has 8 heteroatoms. The first-order chi connectivity index (χ1) is 10.6. The summed E-state index contributed by atoms with van der Waals surface area (Å²) in [5.74, 6) is -0.161.